The van der Waals surface area contributed by atoms with Crippen molar-refractivity contribution >= 4 is 51.1 Å². The molecule has 2 amide bonds. The lowest BCUT2D eigenvalue weighted by Crippen LogP contribution is -2.48. The summed E-state index contributed by atoms with van der Waals surface area (Å²) in [5.41, 5.74) is 1.29. The Balaban J connectivity index is 2.09. The Bertz CT molecular complexity index is 864. The molecule has 0 saturated heterocycles. The van der Waals surface area contributed by atoms with Crippen molar-refractivity contribution in [2.24, 2.45) is 0 Å². The molecule has 1 atom stereocenters. The van der Waals surface area contributed by atoms with Crippen LogP contribution >= 0.6 is 39.3 Å². The van der Waals surface area contributed by atoms with Crippen molar-refractivity contribution in [2.75, 3.05) is 12.3 Å². The van der Waals surface area contributed by atoms with Crippen LogP contribution in [0.2, 0.25) is 5.02 Å². The van der Waals surface area contributed by atoms with Crippen molar-refractivity contribution < 1.29 is 14.0 Å². The van der Waals surface area contributed by atoms with E-state index < -0.39 is 6.04 Å². The van der Waals surface area contributed by atoms with Gasteiger partial charge in [-0.1, -0.05) is 52.7 Å². The van der Waals surface area contributed by atoms with E-state index in [4.69, 9.17) is 11.6 Å². The lowest BCUT2D eigenvalue weighted by molar-refractivity contribution is -0.138. The number of amides is 2. The third-order valence-electron chi connectivity index (χ3n) is 4.49. The van der Waals surface area contributed by atoms with Gasteiger partial charge < -0.3 is 10.2 Å². The molecule has 0 aliphatic rings. The second-order valence-corrected chi connectivity index (χ2v) is 9.12. The molecule has 0 heterocycles. The first kappa shape index (κ1) is 24.7. The Morgan fingerprint density at radius 1 is 1.27 bits per heavy atom. The van der Waals surface area contributed by atoms with Gasteiger partial charge in [-0.25, -0.2) is 4.39 Å². The van der Waals surface area contributed by atoms with E-state index in [-0.39, 0.29) is 29.1 Å². The number of carbonyl (C=O) groups excluding carboxylic acids is 2. The predicted octanol–water partition coefficient (Wildman–Crippen LogP) is 5.42. The molecule has 0 aliphatic heterocycles. The maximum atomic E-state index is 14.0. The number of halogens is 3. The van der Waals surface area contributed by atoms with Crippen molar-refractivity contribution in [2.45, 2.75) is 38.6 Å². The van der Waals surface area contributed by atoms with Gasteiger partial charge in [0.1, 0.15) is 11.9 Å². The molecule has 0 bridgehead atoms. The fraction of sp³-hybridized carbons (Fsp3) is 0.364. The van der Waals surface area contributed by atoms with Gasteiger partial charge in [-0.2, -0.15) is 0 Å². The molecule has 0 spiro atoms. The Hall–Kier alpha value is -1.57. The fourth-order valence-electron chi connectivity index (χ4n) is 2.80. The van der Waals surface area contributed by atoms with Gasteiger partial charge in [0.25, 0.3) is 0 Å². The van der Waals surface area contributed by atoms with Crippen LogP contribution in [0.4, 0.5) is 4.39 Å². The summed E-state index contributed by atoms with van der Waals surface area (Å²) in [6, 6.07) is 11.5. The van der Waals surface area contributed by atoms with E-state index in [1.807, 2.05) is 31.2 Å². The molecule has 2 aromatic carbocycles. The van der Waals surface area contributed by atoms with Gasteiger partial charge in [-0.15, -0.1) is 11.8 Å². The first-order chi connectivity index (χ1) is 14.3. The molecule has 0 aliphatic carbocycles. The maximum absolute atomic E-state index is 14.0. The summed E-state index contributed by atoms with van der Waals surface area (Å²) in [5.74, 6) is -0.377. The second-order valence-electron chi connectivity index (χ2n) is 6.81. The molecule has 0 radical (unpaired) electrons. The molecule has 30 heavy (non-hydrogen) atoms. The zero-order chi connectivity index (χ0) is 22.1. The highest BCUT2D eigenvalue weighted by Gasteiger charge is 2.26. The number of nitrogens with one attached hydrogen (secondary N) is 1. The van der Waals surface area contributed by atoms with E-state index in [9.17, 15) is 14.0 Å². The highest BCUT2D eigenvalue weighted by atomic mass is 79.9. The van der Waals surface area contributed by atoms with Gasteiger partial charge in [0.15, 0.2) is 0 Å². The zero-order valence-electron chi connectivity index (χ0n) is 17.0. The van der Waals surface area contributed by atoms with Gasteiger partial charge >= 0.3 is 0 Å². The first-order valence-corrected chi connectivity index (χ1v) is 12.0. The third-order valence-corrected chi connectivity index (χ3v) is 6.28. The lowest BCUT2D eigenvalue weighted by Gasteiger charge is -2.29. The van der Waals surface area contributed by atoms with Crippen LogP contribution in [0, 0.1) is 5.82 Å². The average Bonchev–Trinajstić information content (AvgIpc) is 2.71. The van der Waals surface area contributed by atoms with E-state index in [1.54, 1.807) is 24.0 Å². The molecule has 2 aromatic rings. The van der Waals surface area contributed by atoms with E-state index in [1.165, 1.54) is 17.8 Å². The molecule has 0 fully saturated rings. The lowest BCUT2D eigenvalue weighted by atomic mass is 10.1. The summed E-state index contributed by atoms with van der Waals surface area (Å²) in [5, 5.41) is 3.19. The van der Waals surface area contributed by atoms with E-state index in [0.29, 0.717) is 23.7 Å². The van der Waals surface area contributed by atoms with Crippen molar-refractivity contribution in [1.82, 2.24) is 10.2 Å². The van der Waals surface area contributed by atoms with Gasteiger partial charge in [0.05, 0.1) is 5.75 Å². The topological polar surface area (TPSA) is 49.4 Å². The number of benzene rings is 2. The Morgan fingerprint density at radius 2 is 2.00 bits per heavy atom. The average molecular weight is 516 g/mol. The van der Waals surface area contributed by atoms with Crippen LogP contribution < -0.4 is 5.32 Å². The summed E-state index contributed by atoms with van der Waals surface area (Å²) in [7, 11) is 0. The van der Waals surface area contributed by atoms with Gasteiger partial charge in [-0.3, -0.25) is 9.59 Å². The normalized spacial score (nSPS) is 11.8. The maximum Gasteiger partial charge on any atom is 0.242 e. The van der Waals surface area contributed by atoms with Crippen molar-refractivity contribution in [3.63, 3.8) is 0 Å². The van der Waals surface area contributed by atoms with Gasteiger partial charge in [0.2, 0.25) is 11.8 Å². The number of thioether (sulfide) groups is 1. The van der Waals surface area contributed by atoms with Gasteiger partial charge in [0, 0.05) is 33.9 Å². The quantitative estimate of drug-likeness (QED) is 0.460. The monoisotopic (exact) mass is 514 g/mol. The second kappa shape index (κ2) is 12.3. The van der Waals surface area contributed by atoms with Crippen LogP contribution in [0.5, 0.6) is 0 Å². The molecule has 0 unspecified atom stereocenters. The van der Waals surface area contributed by atoms with Crippen molar-refractivity contribution in [3.8, 4) is 0 Å². The summed E-state index contributed by atoms with van der Waals surface area (Å²) in [6.45, 7) is 4.56. The third kappa shape index (κ3) is 7.29. The first-order valence-electron chi connectivity index (χ1n) is 9.65. The van der Waals surface area contributed by atoms with Crippen LogP contribution in [0.15, 0.2) is 46.9 Å². The Morgan fingerprint density at radius 3 is 2.67 bits per heavy atom. The summed E-state index contributed by atoms with van der Waals surface area (Å²) in [4.78, 5) is 27.1. The van der Waals surface area contributed by atoms with E-state index >= 15 is 0 Å². The minimum Gasteiger partial charge on any atom is -0.354 e. The molecule has 1 N–H and O–H groups in total. The summed E-state index contributed by atoms with van der Waals surface area (Å²) >= 11 is 10.8. The van der Waals surface area contributed by atoms with Crippen molar-refractivity contribution in [1.29, 1.82) is 0 Å². The van der Waals surface area contributed by atoms with Crippen LogP contribution in [0.3, 0.4) is 0 Å². The summed E-state index contributed by atoms with van der Waals surface area (Å²) in [6.07, 6.45) is 0.817. The number of carbonyl (C=O) groups is 2. The standard InChI is InChI=1S/C22H25BrClFN2O2S/c1-3-10-26-22(29)15(2)27(12-16-6-4-7-17(23)11-16)21(28)14-30-13-18-19(24)8-5-9-20(18)25/h4-9,11,15H,3,10,12-14H2,1-2H3,(H,26,29)/t15-/m1/s1. The van der Waals surface area contributed by atoms with Crippen LogP contribution in [-0.2, 0) is 21.9 Å². The van der Waals surface area contributed by atoms with E-state index in [0.717, 1.165) is 16.5 Å². The van der Waals surface area contributed by atoms with Gasteiger partial charge in [-0.05, 0) is 43.2 Å². The SMILES string of the molecule is CCCNC(=O)[C@@H](C)N(Cc1cccc(Br)c1)C(=O)CSCc1c(F)cccc1Cl. The predicted molar refractivity (Wildman–Crippen MR) is 125 cm³/mol. The molecular weight excluding hydrogens is 491 g/mol. The minimum atomic E-state index is -0.624. The smallest absolute Gasteiger partial charge is 0.242 e. The zero-order valence-corrected chi connectivity index (χ0v) is 20.1. The fourth-order valence-corrected chi connectivity index (χ4v) is 4.50. The molecule has 2 rings (SSSR count). The van der Waals surface area contributed by atoms with Crippen LogP contribution in [0.25, 0.3) is 0 Å². The number of hydrogen-bond donors (Lipinski definition) is 1. The molecule has 8 heteroatoms. The highest BCUT2D eigenvalue weighted by molar-refractivity contribution is 9.10. The van der Waals surface area contributed by atoms with E-state index in [2.05, 4.69) is 21.2 Å². The molecular formula is C22H25BrClFN2O2S. The highest BCUT2D eigenvalue weighted by Crippen LogP contribution is 2.24. The Labute approximate surface area is 194 Å². The number of hydrogen-bond acceptors (Lipinski definition) is 3. The molecule has 0 aromatic heterocycles. The number of rotatable bonds is 10. The number of nitrogens with zero attached hydrogens (tertiary/aromatic N) is 1. The molecule has 0 saturated carbocycles. The molecule has 162 valence electrons. The van der Waals surface area contributed by atoms with Crippen LogP contribution in [0.1, 0.15) is 31.4 Å². The summed E-state index contributed by atoms with van der Waals surface area (Å²) < 4.78 is 14.9. The van der Waals surface area contributed by atoms with Crippen LogP contribution in [-0.4, -0.2) is 35.1 Å². The molecule has 4 nitrogen and oxygen atoms in total. The van der Waals surface area contributed by atoms with Crippen molar-refractivity contribution in [3.05, 3.63) is 68.9 Å². The Kier molecular flexibility index (Phi) is 10.1. The minimum absolute atomic E-state index is 0.115. The largest absolute Gasteiger partial charge is 0.354 e.